The molecule has 8 aromatic rings. The van der Waals surface area contributed by atoms with E-state index in [2.05, 4.69) is 106 Å². The van der Waals surface area contributed by atoms with Crippen molar-refractivity contribution in [3.8, 4) is 22.9 Å². The summed E-state index contributed by atoms with van der Waals surface area (Å²) in [5.41, 5.74) is 11.9. The summed E-state index contributed by atoms with van der Waals surface area (Å²) in [7, 11) is 0. The van der Waals surface area contributed by atoms with Crippen molar-refractivity contribution in [2.24, 2.45) is 0 Å². The van der Waals surface area contributed by atoms with Gasteiger partial charge < -0.3 is 4.57 Å². The van der Waals surface area contributed by atoms with Crippen LogP contribution in [-0.2, 0) is 0 Å². The van der Waals surface area contributed by atoms with E-state index in [-0.39, 0.29) is 6.71 Å². The number of pyridine rings is 2. The first-order valence-electron chi connectivity index (χ1n) is 13.4. The minimum absolute atomic E-state index is 0.0984. The van der Waals surface area contributed by atoms with Crippen LogP contribution in [-0.4, -0.2) is 25.8 Å². The molecule has 0 fully saturated rings. The summed E-state index contributed by atoms with van der Waals surface area (Å²) in [4.78, 5) is 10.1. The van der Waals surface area contributed by atoms with Gasteiger partial charge in [0.2, 0.25) is 0 Å². The van der Waals surface area contributed by atoms with E-state index in [1.54, 1.807) is 0 Å². The van der Waals surface area contributed by atoms with Crippen LogP contribution in [0.15, 0.2) is 115 Å². The van der Waals surface area contributed by atoms with Crippen LogP contribution in [0.3, 0.4) is 0 Å². The Morgan fingerprint density at radius 2 is 1.15 bits per heavy atom. The average molecular weight is 494 g/mol. The van der Waals surface area contributed by atoms with Gasteiger partial charge in [0.25, 0.3) is 6.71 Å². The van der Waals surface area contributed by atoms with Crippen molar-refractivity contribution in [2.75, 3.05) is 0 Å². The minimum Gasteiger partial charge on any atom is -0.310 e. The van der Waals surface area contributed by atoms with Crippen LogP contribution >= 0.6 is 0 Å². The molecule has 4 nitrogen and oxygen atoms in total. The molecule has 5 heteroatoms. The van der Waals surface area contributed by atoms with Crippen molar-refractivity contribution in [1.82, 2.24) is 19.1 Å². The molecule has 4 aromatic heterocycles. The van der Waals surface area contributed by atoms with Crippen molar-refractivity contribution in [3.05, 3.63) is 115 Å². The molecule has 0 unspecified atom stereocenters. The fourth-order valence-corrected chi connectivity index (χ4v) is 7.31. The lowest BCUT2D eigenvalue weighted by atomic mass is 9.34. The third-order valence-corrected chi connectivity index (χ3v) is 8.76. The van der Waals surface area contributed by atoms with Crippen molar-refractivity contribution in [1.29, 1.82) is 0 Å². The molecule has 178 valence electrons. The SMILES string of the molecule is c1ccc(-c2cc3c4c(n2)-n2c5ccccc5c5cccc(c52)B4c2cccc4c5ccccc5n-3c24)nc1. The molecule has 0 atom stereocenters. The minimum atomic E-state index is 0.0984. The molecule has 2 aliphatic rings. The average Bonchev–Trinajstić information content (AvgIpc) is 3.52. The first-order valence-corrected chi connectivity index (χ1v) is 13.4. The number of para-hydroxylation sites is 4. The normalized spacial score (nSPS) is 13.1. The molecule has 39 heavy (non-hydrogen) atoms. The zero-order valence-corrected chi connectivity index (χ0v) is 20.8. The van der Waals surface area contributed by atoms with E-state index in [1.165, 1.54) is 65.7 Å². The molecule has 0 saturated heterocycles. The number of benzene rings is 4. The van der Waals surface area contributed by atoms with Crippen molar-refractivity contribution < 1.29 is 0 Å². The van der Waals surface area contributed by atoms with E-state index in [0.717, 1.165) is 17.2 Å². The van der Waals surface area contributed by atoms with E-state index in [9.17, 15) is 0 Å². The summed E-state index contributed by atoms with van der Waals surface area (Å²) in [5.74, 6) is 1.00. The van der Waals surface area contributed by atoms with Gasteiger partial charge in [0.05, 0.1) is 27.9 Å². The summed E-state index contributed by atoms with van der Waals surface area (Å²) >= 11 is 0. The van der Waals surface area contributed by atoms with Gasteiger partial charge in [-0.1, -0.05) is 78.9 Å². The summed E-state index contributed by atoms with van der Waals surface area (Å²) in [6, 6.07) is 39.4. The third kappa shape index (κ3) is 2.29. The Morgan fingerprint density at radius 3 is 1.85 bits per heavy atom. The highest BCUT2D eigenvalue weighted by Gasteiger charge is 2.41. The number of hydrogen-bond donors (Lipinski definition) is 0. The lowest BCUT2D eigenvalue weighted by Crippen LogP contribution is -2.59. The smallest absolute Gasteiger partial charge is 0.254 e. The van der Waals surface area contributed by atoms with E-state index in [4.69, 9.17) is 9.97 Å². The molecule has 0 aliphatic carbocycles. The molecular formula is C34H19BN4. The van der Waals surface area contributed by atoms with Gasteiger partial charge in [0, 0.05) is 38.9 Å². The van der Waals surface area contributed by atoms with Crippen LogP contribution in [0.1, 0.15) is 0 Å². The second-order valence-corrected chi connectivity index (χ2v) is 10.6. The van der Waals surface area contributed by atoms with Crippen LogP contribution in [0.2, 0.25) is 0 Å². The standard InChI is InChI=1S/C34H19BN4/c1-3-16-28-20(9-1)22-11-7-13-24-32(22)38(28)30-19-27(26-15-5-6-18-36-26)37-34-31(30)35(24)25-14-8-12-23-21-10-2-4-17-29(21)39(34)33(23)25/h1-19H. The maximum atomic E-state index is 5.41. The number of rotatable bonds is 1. The zero-order valence-electron chi connectivity index (χ0n) is 20.8. The van der Waals surface area contributed by atoms with Gasteiger partial charge in [0.15, 0.2) is 0 Å². The zero-order chi connectivity index (χ0) is 25.2. The predicted molar refractivity (Wildman–Crippen MR) is 161 cm³/mol. The molecule has 0 amide bonds. The van der Waals surface area contributed by atoms with Crippen LogP contribution < -0.4 is 16.4 Å². The molecule has 0 spiro atoms. The Kier molecular flexibility index (Phi) is 3.48. The topological polar surface area (TPSA) is 35.6 Å². The van der Waals surface area contributed by atoms with Gasteiger partial charge in [-0.2, -0.15) is 0 Å². The van der Waals surface area contributed by atoms with Crippen molar-refractivity contribution >= 4 is 66.7 Å². The monoisotopic (exact) mass is 494 g/mol. The van der Waals surface area contributed by atoms with Gasteiger partial charge in [0.1, 0.15) is 5.82 Å². The van der Waals surface area contributed by atoms with E-state index in [1.807, 2.05) is 18.3 Å². The lowest BCUT2D eigenvalue weighted by Gasteiger charge is -2.33. The highest BCUT2D eigenvalue weighted by molar-refractivity contribution is 7.00. The maximum Gasteiger partial charge on any atom is 0.254 e. The molecule has 6 heterocycles. The molecule has 0 N–H and O–H groups in total. The van der Waals surface area contributed by atoms with Gasteiger partial charge >= 0.3 is 0 Å². The molecule has 10 rings (SSSR count). The quantitative estimate of drug-likeness (QED) is 0.284. The maximum absolute atomic E-state index is 5.41. The largest absolute Gasteiger partial charge is 0.310 e. The number of aromatic nitrogens is 4. The molecule has 0 saturated carbocycles. The van der Waals surface area contributed by atoms with Crippen molar-refractivity contribution in [3.63, 3.8) is 0 Å². The van der Waals surface area contributed by atoms with Crippen LogP contribution in [0.25, 0.3) is 66.5 Å². The Hall–Kier alpha value is -5.16. The van der Waals surface area contributed by atoms with Gasteiger partial charge in [-0.25, -0.2) is 4.98 Å². The second kappa shape index (κ2) is 6.83. The van der Waals surface area contributed by atoms with E-state index < -0.39 is 0 Å². The first-order chi connectivity index (χ1) is 19.4. The Balaban J connectivity index is 1.49. The van der Waals surface area contributed by atoms with Gasteiger partial charge in [-0.05, 0) is 46.7 Å². The summed E-state index contributed by atoms with van der Waals surface area (Å²) in [6.45, 7) is 0.0984. The molecule has 0 bridgehead atoms. The van der Waals surface area contributed by atoms with Crippen molar-refractivity contribution in [2.45, 2.75) is 0 Å². The Bertz CT molecular complexity index is 2200. The fraction of sp³-hybridized carbons (Fsp3) is 0. The Labute approximate surface area is 223 Å². The summed E-state index contributed by atoms with van der Waals surface area (Å²) < 4.78 is 4.87. The summed E-state index contributed by atoms with van der Waals surface area (Å²) in [5, 5.41) is 5.11. The summed E-state index contributed by atoms with van der Waals surface area (Å²) in [6.07, 6.45) is 1.85. The third-order valence-electron chi connectivity index (χ3n) is 8.76. The van der Waals surface area contributed by atoms with Crippen LogP contribution in [0.5, 0.6) is 0 Å². The predicted octanol–water partition coefficient (Wildman–Crippen LogP) is 5.48. The van der Waals surface area contributed by atoms with Crippen LogP contribution in [0, 0.1) is 0 Å². The fourth-order valence-electron chi connectivity index (χ4n) is 7.31. The number of fused-ring (bicyclic) bond motifs is 10. The highest BCUT2D eigenvalue weighted by Crippen LogP contribution is 2.39. The molecule has 4 aromatic carbocycles. The van der Waals surface area contributed by atoms with E-state index >= 15 is 0 Å². The van der Waals surface area contributed by atoms with Gasteiger partial charge in [-0.15, -0.1) is 0 Å². The van der Waals surface area contributed by atoms with E-state index in [0.29, 0.717) is 0 Å². The van der Waals surface area contributed by atoms with Gasteiger partial charge in [-0.3, -0.25) is 9.55 Å². The second-order valence-electron chi connectivity index (χ2n) is 10.6. The highest BCUT2D eigenvalue weighted by atomic mass is 15.1. The number of nitrogens with zero attached hydrogens (tertiary/aromatic N) is 4. The molecule has 0 radical (unpaired) electrons. The van der Waals surface area contributed by atoms with Crippen LogP contribution in [0.4, 0.5) is 0 Å². The number of hydrogen-bond acceptors (Lipinski definition) is 2. The Morgan fingerprint density at radius 1 is 0.538 bits per heavy atom. The lowest BCUT2D eigenvalue weighted by molar-refractivity contribution is 1.06. The molecule has 2 aliphatic heterocycles. The molecular weight excluding hydrogens is 475 g/mol. The first kappa shape index (κ1) is 19.9.